The Morgan fingerprint density at radius 3 is 2.57 bits per heavy atom. The SMILES string of the molecule is CCOc1ccccc1NC(=O)C(C)Sc1nnc(-c2ccccc2)c(=O)[nH]1. The second kappa shape index (κ2) is 9.18. The zero-order valence-electron chi connectivity index (χ0n) is 15.5. The molecular formula is C20H20N4O3S. The minimum absolute atomic E-state index is 0.230. The van der Waals surface area contributed by atoms with Crippen LogP contribution in [0.25, 0.3) is 11.3 Å². The van der Waals surface area contributed by atoms with Crippen LogP contribution in [0.4, 0.5) is 5.69 Å². The minimum atomic E-state index is -0.498. The minimum Gasteiger partial charge on any atom is -0.492 e. The number of hydrogen-bond acceptors (Lipinski definition) is 6. The molecule has 1 heterocycles. The number of aromatic amines is 1. The Kier molecular flexibility index (Phi) is 6.44. The first-order valence-electron chi connectivity index (χ1n) is 8.80. The first-order chi connectivity index (χ1) is 13.6. The molecule has 0 spiro atoms. The van der Waals surface area contributed by atoms with Crippen molar-refractivity contribution >= 4 is 23.4 Å². The van der Waals surface area contributed by atoms with Gasteiger partial charge in [-0.15, -0.1) is 10.2 Å². The fourth-order valence-corrected chi connectivity index (χ4v) is 3.21. The van der Waals surface area contributed by atoms with Gasteiger partial charge in [0.15, 0.2) is 10.9 Å². The van der Waals surface area contributed by atoms with Crippen LogP contribution < -0.4 is 15.6 Å². The summed E-state index contributed by atoms with van der Waals surface area (Å²) in [4.78, 5) is 27.5. The van der Waals surface area contributed by atoms with Crippen LogP contribution in [0, 0.1) is 0 Å². The Bertz CT molecular complexity index is 1010. The molecule has 0 aliphatic carbocycles. The molecule has 0 fully saturated rings. The van der Waals surface area contributed by atoms with E-state index in [1.807, 2.05) is 37.3 Å². The van der Waals surface area contributed by atoms with E-state index in [0.717, 1.165) is 11.8 Å². The topological polar surface area (TPSA) is 97.0 Å². The van der Waals surface area contributed by atoms with E-state index in [1.165, 1.54) is 0 Å². The highest BCUT2D eigenvalue weighted by Gasteiger charge is 2.18. The monoisotopic (exact) mass is 396 g/mol. The first kappa shape index (κ1) is 19.6. The number of nitrogens with one attached hydrogen (secondary N) is 2. The van der Waals surface area contributed by atoms with Crippen molar-refractivity contribution < 1.29 is 9.53 Å². The molecule has 0 aliphatic rings. The highest BCUT2D eigenvalue weighted by Crippen LogP contribution is 2.26. The lowest BCUT2D eigenvalue weighted by atomic mass is 10.2. The van der Waals surface area contributed by atoms with Crippen molar-refractivity contribution in [3.05, 3.63) is 65.0 Å². The molecule has 1 aromatic heterocycles. The van der Waals surface area contributed by atoms with Crippen LogP contribution in [0.1, 0.15) is 13.8 Å². The lowest BCUT2D eigenvalue weighted by molar-refractivity contribution is -0.115. The number of ether oxygens (including phenoxy) is 1. The lowest BCUT2D eigenvalue weighted by Gasteiger charge is -2.14. The van der Waals surface area contributed by atoms with Gasteiger partial charge >= 0.3 is 0 Å². The molecule has 1 amide bonds. The molecule has 2 aromatic carbocycles. The van der Waals surface area contributed by atoms with Crippen molar-refractivity contribution in [3.8, 4) is 17.0 Å². The zero-order chi connectivity index (χ0) is 19.9. The van der Waals surface area contributed by atoms with E-state index in [1.54, 1.807) is 31.2 Å². The Morgan fingerprint density at radius 2 is 1.86 bits per heavy atom. The summed E-state index contributed by atoms with van der Waals surface area (Å²) in [5, 5.41) is 10.7. The van der Waals surface area contributed by atoms with Crippen LogP contribution >= 0.6 is 11.8 Å². The average molecular weight is 396 g/mol. The van der Waals surface area contributed by atoms with Gasteiger partial charge in [0, 0.05) is 5.56 Å². The Balaban J connectivity index is 1.69. The highest BCUT2D eigenvalue weighted by atomic mass is 32.2. The van der Waals surface area contributed by atoms with Gasteiger partial charge in [0.05, 0.1) is 17.5 Å². The maximum atomic E-state index is 12.5. The number of rotatable bonds is 7. The van der Waals surface area contributed by atoms with Crippen molar-refractivity contribution in [3.63, 3.8) is 0 Å². The van der Waals surface area contributed by atoms with Crippen molar-refractivity contribution in [1.82, 2.24) is 15.2 Å². The molecule has 0 radical (unpaired) electrons. The molecule has 8 heteroatoms. The highest BCUT2D eigenvalue weighted by molar-refractivity contribution is 8.00. The van der Waals surface area contributed by atoms with E-state index in [-0.39, 0.29) is 22.3 Å². The molecule has 0 aliphatic heterocycles. The molecule has 144 valence electrons. The predicted molar refractivity (Wildman–Crippen MR) is 110 cm³/mol. The predicted octanol–water partition coefficient (Wildman–Crippen LogP) is 3.35. The number of thioether (sulfide) groups is 1. The van der Waals surface area contributed by atoms with Crippen molar-refractivity contribution in [2.24, 2.45) is 0 Å². The fourth-order valence-electron chi connectivity index (χ4n) is 2.47. The van der Waals surface area contributed by atoms with E-state index < -0.39 is 5.25 Å². The van der Waals surface area contributed by atoms with Crippen molar-refractivity contribution in [1.29, 1.82) is 0 Å². The normalized spacial score (nSPS) is 11.6. The molecule has 0 saturated carbocycles. The Morgan fingerprint density at radius 1 is 1.14 bits per heavy atom. The molecular weight excluding hydrogens is 376 g/mol. The number of carbonyl (C=O) groups is 1. The van der Waals surface area contributed by atoms with Crippen LogP contribution in [0.15, 0.2) is 64.5 Å². The quantitative estimate of drug-likeness (QED) is 0.595. The Labute approximate surface area is 166 Å². The number of benzene rings is 2. The van der Waals surface area contributed by atoms with Gasteiger partial charge in [-0.3, -0.25) is 14.6 Å². The van der Waals surface area contributed by atoms with Crippen molar-refractivity contribution in [2.75, 3.05) is 11.9 Å². The molecule has 0 bridgehead atoms. The number of aromatic nitrogens is 3. The van der Waals surface area contributed by atoms with Crippen LogP contribution in [0.5, 0.6) is 5.75 Å². The summed E-state index contributed by atoms with van der Waals surface area (Å²) in [6.45, 7) is 4.11. The summed E-state index contributed by atoms with van der Waals surface area (Å²) in [6.07, 6.45) is 0. The molecule has 1 atom stereocenters. The van der Waals surface area contributed by atoms with Crippen molar-refractivity contribution in [2.45, 2.75) is 24.3 Å². The van der Waals surface area contributed by atoms with Gasteiger partial charge in [-0.2, -0.15) is 0 Å². The number of anilines is 1. The molecule has 0 saturated heterocycles. The van der Waals surface area contributed by atoms with Gasteiger partial charge in [0.25, 0.3) is 5.56 Å². The molecule has 3 aromatic rings. The van der Waals surface area contributed by atoms with Gasteiger partial charge in [-0.25, -0.2) is 0 Å². The van der Waals surface area contributed by atoms with Gasteiger partial charge in [0.2, 0.25) is 5.91 Å². The molecule has 1 unspecified atom stereocenters. The summed E-state index contributed by atoms with van der Waals surface area (Å²) in [6, 6.07) is 16.3. The Hall–Kier alpha value is -3.13. The summed E-state index contributed by atoms with van der Waals surface area (Å²) in [5.74, 6) is 0.378. The standard InChI is InChI=1S/C20H20N4O3S/c1-3-27-16-12-8-7-11-15(16)21-18(25)13(2)28-20-22-19(26)17(23-24-20)14-9-5-4-6-10-14/h4-13H,3H2,1-2H3,(H,21,25)(H,22,24,26). The maximum absolute atomic E-state index is 12.5. The number of carbonyl (C=O) groups excluding carboxylic acids is 1. The summed E-state index contributed by atoms with van der Waals surface area (Å²) >= 11 is 1.13. The number of hydrogen-bond donors (Lipinski definition) is 2. The average Bonchev–Trinajstić information content (AvgIpc) is 2.70. The lowest BCUT2D eigenvalue weighted by Crippen LogP contribution is -2.24. The van der Waals surface area contributed by atoms with E-state index in [9.17, 15) is 9.59 Å². The van der Waals surface area contributed by atoms with E-state index in [0.29, 0.717) is 23.6 Å². The first-order valence-corrected chi connectivity index (χ1v) is 9.68. The third-order valence-electron chi connectivity index (χ3n) is 3.83. The van der Waals surface area contributed by atoms with Gasteiger partial charge in [-0.1, -0.05) is 54.2 Å². The van der Waals surface area contributed by atoms with Gasteiger partial charge in [-0.05, 0) is 26.0 Å². The molecule has 2 N–H and O–H groups in total. The second-order valence-corrected chi connectivity index (χ2v) is 7.18. The number of para-hydroxylation sites is 2. The number of H-pyrrole nitrogens is 1. The van der Waals surface area contributed by atoms with Crippen LogP contribution in [-0.4, -0.2) is 32.9 Å². The third-order valence-corrected chi connectivity index (χ3v) is 4.80. The summed E-state index contributed by atoms with van der Waals surface area (Å²) in [5.41, 5.74) is 1.18. The van der Waals surface area contributed by atoms with Crippen LogP contribution in [0.3, 0.4) is 0 Å². The van der Waals surface area contributed by atoms with E-state index in [4.69, 9.17) is 4.74 Å². The van der Waals surface area contributed by atoms with E-state index in [2.05, 4.69) is 20.5 Å². The maximum Gasteiger partial charge on any atom is 0.278 e. The number of amides is 1. The van der Waals surface area contributed by atoms with E-state index >= 15 is 0 Å². The third kappa shape index (κ3) is 4.77. The second-order valence-electron chi connectivity index (χ2n) is 5.85. The van der Waals surface area contributed by atoms with Crippen LogP contribution in [-0.2, 0) is 4.79 Å². The summed E-state index contributed by atoms with van der Waals surface area (Å²) < 4.78 is 5.52. The molecule has 28 heavy (non-hydrogen) atoms. The summed E-state index contributed by atoms with van der Waals surface area (Å²) in [7, 11) is 0. The van der Waals surface area contributed by atoms with Gasteiger partial charge in [0.1, 0.15) is 5.75 Å². The largest absolute Gasteiger partial charge is 0.492 e. The fraction of sp³-hybridized carbons (Fsp3) is 0.200. The zero-order valence-corrected chi connectivity index (χ0v) is 16.3. The van der Waals surface area contributed by atoms with Gasteiger partial charge < -0.3 is 10.1 Å². The smallest absolute Gasteiger partial charge is 0.278 e. The molecule has 3 rings (SSSR count). The molecule has 7 nitrogen and oxygen atoms in total. The number of nitrogens with zero attached hydrogens (tertiary/aromatic N) is 2. The van der Waals surface area contributed by atoms with Crippen LogP contribution in [0.2, 0.25) is 0 Å².